The summed E-state index contributed by atoms with van der Waals surface area (Å²) in [4.78, 5) is 14.1. The number of nitrogens with zero attached hydrogens (tertiary/aromatic N) is 3. The summed E-state index contributed by atoms with van der Waals surface area (Å²) in [5.74, 6) is 2.19. The van der Waals surface area contributed by atoms with Gasteiger partial charge in [-0.2, -0.15) is 0 Å². The summed E-state index contributed by atoms with van der Waals surface area (Å²) in [5.41, 5.74) is 3.18. The van der Waals surface area contributed by atoms with Crippen molar-refractivity contribution in [2.24, 2.45) is 5.92 Å². The standard InChI is InChI=1S/C21H22BN3O2S/c1-13-9-20(26)25(11-13)12-16-3-6-17(22)10-19(16)27-18-7-4-15(5-8-18)21-24-23-14(2)28-21/h3-8,10,13H,9,11-12,22H2,1-2H3/t13-/m0/s1. The van der Waals surface area contributed by atoms with Crippen LogP contribution in [0.4, 0.5) is 0 Å². The molecule has 7 heteroatoms. The van der Waals surface area contributed by atoms with Crippen molar-refractivity contribution >= 4 is 30.6 Å². The Morgan fingerprint density at radius 3 is 2.64 bits per heavy atom. The lowest BCUT2D eigenvalue weighted by Crippen LogP contribution is -2.25. The van der Waals surface area contributed by atoms with Gasteiger partial charge in [-0.15, -0.1) is 10.2 Å². The Morgan fingerprint density at radius 2 is 2.00 bits per heavy atom. The molecule has 1 aliphatic heterocycles. The first kappa shape index (κ1) is 18.7. The Hall–Kier alpha value is -2.67. The third-order valence-electron chi connectivity index (χ3n) is 4.85. The highest BCUT2D eigenvalue weighted by atomic mass is 32.1. The average Bonchev–Trinajstić information content (AvgIpc) is 3.23. The minimum absolute atomic E-state index is 0.218. The smallest absolute Gasteiger partial charge is 0.223 e. The van der Waals surface area contributed by atoms with Gasteiger partial charge in [0.15, 0.2) is 0 Å². The summed E-state index contributed by atoms with van der Waals surface area (Å²) in [5, 5.41) is 10.1. The summed E-state index contributed by atoms with van der Waals surface area (Å²) in [6, 6.07) is 14.0. The highest BCUT2D eigenvalue weighted by Crippen LogP contribution is 2.30. The largest absolute Gasteiger partial charge is 0.457 e. The first-order chi connectivity index (χ1) is 13.5. The van der Waals surface area contributed by atoms with E-state index in [0.29, 0.717) is 18.9 Å². The average molecular weight is 391 g/mol. The minimum atomic E-state index is 0.218. The van der Waals surface area contributed by atoms with Crippen molar-refractivity contribution in [2.45, 2.75) is 26.8 Å². The normalized spacial score (nSPS) is 16.6. The van der Waals surface area contributed by atoms with Gasteiger partial charge in [0.05, 0.1) is 0 Å². The van der Waals surface area contributed by atoms with Gasteiger partial charge in [-0.25, -0.2) is 0 Å². The molecule has 0 saturated carbocycles. The minimum Gasteiger partial charge on any atom is -0.457 e. The molecule has 2 heterocycles. The molecule has 0 bridgehead atoms. The van der Waals surface area contributed by atoms with Crippen molar-refractivity contribution in [1.82, 2.24) is 15.1 Å². The zero-order valence-corrected chi connectivity index (χ0v) is 17.1. The fourth-order valence-corrected chi connectivity index (χ4v) is 4.12. The van der Waals surface area contributed by atoms with Crippen LogP contribution >= 0.6 is 11.3 Å². The van der Waals surface area contributed by atoms with Crippen LogP contribution in [0.2, 0.25) is 0 Å². The van der Waals surface area contributed by atoms with Crippen molar-refractivity contribution in [3.05, 3.63) is 53.0 Å². The van der Waals surface area contributed by atoms with Gasteiger partial charge >= 0.3 is 0 Å². The Morgan fingerprint density at radius 1 is 1.21 bits per heavy atom. The number of hydrogen-bond acceptors (Lipinski definition) is 5. The van der Waals surface area contributed by atoms with Gasteiger partial charge in [0.25, 0.3) is 0 Å². The van der Waals surface area contributed by atoms with Crippen molar-refractivity contribution in [1.29, 1.82) is 0 Å². The molecule has 5 nitrogen and oxygen atoms in total. The first-order valence-corrected chi connectivity index (χ1v) is 10.3. The van der Waals surface area contributed by atoms with Crippen molar-refractivity contribution in [2.75, 3.05) is 6.54 Å². The molecule has 1 amide bonds. The molecule has 1 aromatic heterocycles. The number of aryl methyl sites for hydroxylation is 1. The molecule has 0 aliphatic carbocycles. The summed E-state index contributed by atoms with van der Waals surface area (Å²) >= 11 is 1.57. The zero-order valence-electron chi connectivity index (χ0n) is 16.3. The second-order valence-electron chi connectivity index (χ2n) is 7.45. The lowest BCUT2D eigenvalue weighted by Gasteiger charge is -2.19. The third kappa shape index (κ3) is 4.09. The number of amides is 1. The van der Waals surface area contributed by atoms with Crippen LogP contribution in [0.25, 0.3) is 10.6 Å². The van der Waals surface area contributed by atoms with Crippen LogP contribution in [0.5, 0.6) is 11.5 Å². The molecule has 142 valence electrons. The number of carbonyl (C=O) groups excluding carboxylic acids is 1. The monoisotopic (exact) mass is 391 g/mol. The molecular formula is C21H22BN3O2S. The molecular weight excluding hydrogens is 369 g/mol. The van der Waals surface area contributed by atoms with Crippen LogP contribution in [-0.4, -0.2) is 35.4 Å². The lowest BCUT2D eigenvalue weighted by atomic mass is 9.94. The van der Waals surface area contributed by atoms with E-state index in [4.69, 9.17) is 4.74 Å². The Kier molecular flexibility index (Phi) is 5.18. The number of carbonyl (C=O) groups is 1. The second kappa shape index (κ2) is 7.76. The molecule has 1 atom stereocenters. The van der Waals surface area contributed by atoms with E-state index < -0.39 is 0 Å². The molecule has 3 aromatic rings. The summed E-state index contributed by atoms with van der Waals surface area (Å²) in [6.07, 6.45) is 0.634. The highest BCUT2D eigenvalue weighted by molar-refractivity contribution is 7.14. The quantitative estimate of drug-likeness (QED) is 0.628. The predicted octanol–water partition coefficient (Wildman–Crippen LogP) is 2.93. The van der Waals surface area contributed by atoms with Crippen LogP contribution in [0.3, 0.4) is 0 Å². The number of hydrogen-bond donors (Lipinski definition) is 0. The number of aromatic nitrogens is 2. The van der Waals surface area contributed by atoms with E-state index in [1.807, 2.05) is 50.0 Å². The van der Waals surface area contributed by atoms with Gasteiger partial charge in [-0.05, 0) is 43.2 Å². The zero-order chi connectivity index (χ0) is 19.7. The second-order valence-corrected chi connectivity index (χ2v) is 8.63. The SMILES string of the molecule is Bc1ccc(CN2C[C@@H](C)CC2=O)c(Oc2ccc(-c3nnc(C)s3)cc2)c1. The Balaban J connectivity index is 1.54. The summed E-state index contributed by atoms with van der Waals surface area (Å²) < 4.78 is 6.19. The van der Waals surface area contributed by atoms with Crippen LogP contribution in [0.15, 0.2) is 42.5 Å². The van der Waals surface area contributed by atoms with Gasteiger partial charge in [0.1, 0.15) is 29.4 Å². The van der Waals surface area contributed by atoms with Crippen molar-refractivity contribution in [3.8, 4) is 22.1 Å². The van der Waals surface area contributed by atoms with Gasteiger partial charge in [-0.1, -0.05) is 35.9 Å². The molecule has 1 saturated heterocycles. The molecule has 0 radical (unpaired) electrons. The predicted molar refractivity (Wildman–Crippen MR) is 114 cm³/mol. The van der Waals surface area contributed by atoms with E-state index in [-0.39, 0.29) is 5.91 Å². The maximum Gasteiger partial charge on any atom is 0.223 e. The van der Waals surface area contributed by atoms with Gasteiger partial charge in [0, 0.05) is 30.6 Å². The first-order valence-electron chi connectivity index (χ1n) is 9.43. The lowest BCUT2D eigenvalue weighted by molar-refractivity contribution is -0.128. The fourth-order valence-electron chi connectivity index (χ4n) is 3.42. The van der Waals surface area contributed by atoms with Gasteiger partial charge in [-0.3, -0.25) is 4.79 Å². The molecule has 0 spiro atoms. The van der Waals surface area contributed by atoms with E-state index in [9.17, 15) is 4.79 Å². The maximum absolute atomic E-state index is 12.2. The molecule has 28 heavy (non-hydrogen) atoms. The van der Waals surface area contributed by atoms with Crippen molar-refractivity contribution in [3.63, 3.8) is 0 Å². The van der Waals surface area contributed by atoms with Gasteiger partial charge in [0.2, 0.25) is 5.91 Å². The van der Waals surface area contributed by atoms with Crippen LogP contribution < -0.4 is 10.2 Å². The number of benzene rings is 2. The topological polar surface area (TPSA) is 55.3 Å². The Labute approximate surface area is 169 Å². The highest BCUT2D eigenvalue weighted by Gasteiger charge is 2.27. The molecule has 1 aliphatic rings. The van der Waals surface area contributed by atoms with E-state index in [1.165, 1.54) is 0 Å². The summed E-state index contributed by atoms with van der Waals surface area (Å²) in [6.45, 7) is 5.46. The van der Waals surface area contributed by atoms with Gasteiger partial charge < -0.3 is 9.64 Å². The molecule has 0 unspecified atom stereocenters. The fraction of sp³-hybridized carbons (Fsp3) is 0.286. The maximum atomic E-state index is 12.2. The molecule has 2 aromatic carbocycles. The molecule has 1 fully saturated rings. The Bertz CT molecular complexity index is 1000. The van der Waals surface area contributed by atoms with Crippen LogP contribution in [-0.2, 0) is 11.3 Å². The van der Waals surface area contributed by atoms with E-state index >= 15 is 0 Å². The van der Waals surface area contributed by atoms with Crippen LogP contribution in [0, 0.1) is 12.8 Å². The van der Waals surface area contributed by atoms with Crippen molar-refractivity contribution < 1.29 is 9.53 Å². The van der Waals surface area contributed by atoms with E-state index in [0.717, 1.165) is 44.6 Å². The van der Waals surface area contributed by atoms with Crippen LogP contribution in [0.1, 0.15) is 23.9 Å². The molecule has 4 rings (SSSR count). The summed E-state index contributed by atoms with van der Waals surface area (Å²) in [7, 11) is 2.04. The number of ether oxygens (including phenoxy) is 1. The van der Waals surface area contributed by atoms with E-state index in [1.54, 1.807) is 11.3 Å². The number of likely N-dealkylation sites (tertiary alicyclic amines) is 1. The van der Waals surface area contributed by atoms with E-state index in [2.05, 4.69) is 29.3 Å². The molecule has 0 N–H and O–H groups in total. The third-order valence-corrected chi connectivity index (χ3v) is 5.73. The number of rotatable bonds is 5.